The molecule has 3 aromatic carbocycles. The number of carbonyl (C=O) groups excluding carboxylic acids is 1. The van der Waals surface area contributed by atoms with E-state index in [0.717, 1.165) is 11.3 Å². The van der Waals surface area contributed by atoms with Crippen molar-refractivity contribution in [3.63, 3.8) is 0 Å². The Morgan fingerprint density at radius 1 is 0.962 bits per heavy atom. The molecular weight excluding hydrogens is 371 g/mol. The maximum absolute atomic E-state index is 12.2. The molecule has 1 N–H and O–H groups in total. The van der Waals surface area contributed by atoms with Crippen LogP contribution in [0.5, 0.6) is 5.75 Å². The van der Waals surface area contributed by atoms with Gasteiger partial charge in [-0.1, -0.05) is 41.4 Å². The van der Waals surface area contributed by atoms with Gasteiger partial charge in [0.1, 0.15) is 5.75 Å². The molecule has 0 spiro atoms. The number of benzene rings is 3. The second-order valence-corrected chi connectivity index (χ2v) is 6.16. The molecule has 0 aliphatic heterocycles. The van der Waals surface area contributed by atoms with Gasteiger partial charge in [0.05, 0.1) is 22.5 Å². The predicted molar refractivity (Wildman–Crippen MR) is 106 cm³/mol. The van der Waals surface area contributed by atoms with Crippen molar-refractivity contribution in [1.82, 2.24) is 0 Å². The van der Waals surface area contributed by atoms with Crippen molar-refractivity contribution < 1.29 is 9.53 Å². The van der Waals surface area contributed by atoms with Gasteiger partial charge in [0.15, 0.2) is 0 Å². The van der Waals surface area contributed by atoms with Crippen LogP contribution in [-0.4, -0.2) is 12.2 Å². The largest absolute Gasteiger partial charge is 0.423 e. The van der Waals surface area contributed by atoms with Crippen molar-refractivity contribution in [2.24, 2.45) is 5.10 Å². The number of esters is 1. The number of hydrazone groups is 1. The number of anilines is 1. The molecule has 130 valence electrons. The fourth-order valence-corrected chi connectivity index (χ4v) is 2.62. The summed E-state index contributed by atoms with van der Waals surface area (Å²) in [6.45, 7) is 0. The third-order valence-corrected chi connectivity index (χ3v) is 3.97. The Kier molecular flexibility index (Phi) is 5.89. The van der Waals surface area contributed by atoms with Crippen molar-refractivity contribution in [2.75, 3.05) is 5.43 Å². The molecule has 3 rings (SSSR count). The second-order valence-electron chi connectivity index (χ2n) is 5.32. The number of nitrogens with one attached hydrogen (secondary N) is 1. The summed E-state index contributed by atoms with van der Waals surface area (Å²) in [4.78, 5) is 12.2. The maximum atomic E-state index is 12.2. The zero-order valence-corrected chi connectivity index (χ0v) is 15.0. The molecule has 0 aromatic heterocycles. The number of para-hydroxylation sites is 1. The van der Waals surface area contributed by atoms with Gasteiger partial charge in [-0.3, -0.25) is 5.43 Å². The lowest BCUT2D eigenvalue weighted by Crippen LogP contribution is -2.09. The Labute approximate surface area is 161 Å². The van der Waals surface area contributed by atoms with Crippen molar-refractivity contribution in [1.29, 1.82) is 0 Å². The molecule has 0 fully saturated rings. The number of hydrogen-bond donors (Lipinski definition) is 1. The van der Waals surface area contributed by atoms with Crippen molar-refractivity contribution >= 4 is 41.1 Å². The average Bonchev–Trinajstić information content (AvgIpc) is 2.64. The lowest BCUT2D eigenvalue weighted by molar-refractivity contribution is 0.0735. The van der Waals surface area contributed by atoms with Gasteiger partial charge in [-0.25, -0.2) is 4.79 Å². The van der Waals surface area contributed by atoms with Crippen molar-refractivity contribution in [3.8, 4) is 5.75 Å². The molecule has 6 heteroatoms. The minimum Gasteiger partial charge on any atom is -0.423 e. The highest BCUT2D eigenvalue weighted by Crippen LogP contribution is 2.23. The summed E-state index contributed by atoms with van der Waals surface area (Å²) in [6.07, 6.45) is 1.68. The molecule has 0 aliphatic carbocycles. The van der Waals surface area contributed by atoms with E-state index in [4.69, 9.17) is 27.9 Å². The summed E-state index contributed by atoms with van der Waals surface area (Å²) in [5, 5.41) is 4.86. The monoisotopic (exact) mass is 384 g/mol. The lowest BCUT2D eigenvalue weighted by atomic mass is 10.2. The molecule has 0 aliphatic rings. The Bertz CT molecular complexity index is 926. The Balaban J connectivity index is 1.61. The molecule has 26 heavy (non-hydrogen) atoms. The number of halogens is 2. The second kappa shape index (κ2) is 8.52. The third-order valence-electron chi connectivity index (χ3n) is 3.42. The SMILES string of the molecule is O=C(Oc1ccc(C=NNc2ccccc2)cc1)c1ccc(Cl)cc1Cl. The molecule has 0 atom stereocenters. The van der Waals surface area contributed by atoms with Crippen LogP contribution in [0.25, 0.3) is 0 Å². The number of ether oxygens (including phenoxy) is 1. The predicted octanol–water partition coefficient (Wildman–Crippen LogP) is 5.66. The Morgan fingerprint density at radius 2 is 1.69 bits per heavy atom. The smallest absolute Gasteiger partial charge is 0.345 e. The van der Waals surface area contributed by atoms with E-state index in [1.165, 1.54) is 12.1 Å². The first-order valence-corrected chi connectivity index (χ1v) is 8.49. The summed E-state index contributed by atoms with van der Waals surface area (Å²) >= 11 is 11.8. The molecular formula is C20H14Cl2N2O2. The molecule has 0 unspecified atom stereocenters. The molecule has 0 amide bonds. The van der Waals surface area contributed by atoms with E-state index in [1.54, 1.807) is 36.5 Å². The normalized spacial score (nSPS) is 10.7. The van der Waals surface area contributed by atoms with E-state index in [0.29, 0.717) is 10.8 Å². The molecule has 0 saturated heterocycles. The molecule has 0 saturated carbocycles. The number of carbonyl (C=O) groups is 1. The van der Waals surface area contributed by atoms with Gasteiger partial charge in [0.2, 0.25) is 0 Å². The summed E-state index contributed by atoms with van der Waals surface area (Å²) in [6, 6.07) is 21.2. The van der Waals surface area contributed by atoms with Crippen LogP contribution >= 0.6 is 23.2 Å². The topological polar surface area (TPSA) is 50.7 Å². The fraction of sp³-hybridized carbons (Fsp3) is 0. The Hall–Kier alpha value is -2.82. The van der Waals surface area contributed by atoms with Gasteiger partial charge < -0.3 is 4.74 Å². The van der Waals surface area contributed by atoms with E-state index in [1.807, 2.05) is 30.3 Å². The van der Waals surface area contributed by atoms with Gasteiger partial charge in [-0.15, -0.1) is 0 Å². The zero-order valence-electron chi connectivity index (χ0n) is 13.5. The highest BCUT2D eigenvalue weighted by Gasteiger charge is 2.13. The maximum Gasteiger partial charge on any atom is 0.345 e. The van der Waals surface area contributed by atoms with Crippen LogP contribution in [0.3, 0.4) is 0 Å². The first-order valence-electron chi connectivity index (χ1n) is 7.73. The van der Waals surface area contributed by atoms with Crippen LogP contribution < -0.4 is 10.2 Å². The first-order chi connectivity index (χ1) is 12.6. The quantitative estimate of drug-likeness (QED) is 0.267. The molecule has 4 nitrogen and oxygen atoms in total. The molecule has 0 bridgehead atoms. The van der Waals surface area contributed by atoms with E-state index in [-0.39, 0.29) is 10.6 Å². The summed E-state index contributed by atoms with van der Waals surface area (Å²) in [5.74, 6) is -0.131. The summed E-state index contributed by atoms with van der Waals surface area (Å²) in [5.41, 5.74) is 4.95. The van der Waals surface area contributed by atoms with E-state index in [2.05, 4.69) is 10.5 Å². The average molecular weight is 385 g/mol. The molecule has 0 heterocycles. The Morgan fingerprint density at radius 3 is 2.38 bits per heavy atom. The highest BCUT2D eigenvalue weighted by molar-refractivity contribution is 6.36. The van der Waals surface area contributed by atoms with Gasteiger partial charge in [-0.05, 0) is 60.2 Å². The zero-order chi connectivity index (χ0) is 18.4. The first kappa shape index (κ1) is 18.0. The minimum absolute atomic E-state index is 0.248. The van der Waals surface area contributed by atoms with Gasteiger partial charge >= 0.3 is 5.97 Å². The van der Waals surface area contributed by atoms with Gasteiger partial charge in [0.25, 0.3) is 0 Å². The van der Waals surface area contributed by atoms with Crippen LogP contribution in [0.2, 0.25) is 10.0 Å². The minimum atomic E-state index is -0.543. The standard InChI is InChI=1S/C20H14Cl2N2O2/c21-15-8-11-18(19(22)12-15)20(25)26-17-9-6-14(7-10-17)13-23-24-16-4-2-1-3-5-16/h1-13,24H. The van der Waals surface area contributed by atoms with Gasteiger partial charge in [0, 0.05) is 5.02 Å². The van der Waals surface area contributed by atoms with Crippen LogP contribution in [0.15, 0.2) is 77.9 Å². The number of rotatable bonds is 5. The summed E-state index contributed by atoms with van der Waals surface area (Å²) < 4.78 is 5.32. The molecule has 3 aromatic rings. The van der Waals surface area contributed by atoms with E-state index < -0.39 is 5.97 Å². The van der Waals surface area contributed by atoms with Crippen LogP contribution in [0.1, 0.15) is 15.9 Å². The van der Waals surface area contributed by atoms with E-state index >= 15 is 0 Å². The fourth-order valence-electron chi connectivity index (χ4n) is 2.13. The van der Waals surface area contributed by atoms with Gasteiger partial charge in [-0.2, -0.15) is 5.10 Å². The van der Waals surface area contributed by atoms with Crippen LogP contribution in [0.4, 0.5) is 5.69 Å². The van der Waals surface area contributed by atoms with E-state index in [9.17, 15) is 4.79 Å². The third kappa shape index (κ3) is 4.85. The number of hydrogen-bond acceptors (Lipinski definition) is 4. The van der Waals surface area contributed by atoms with Crippen LogP contribution in [-0.2, 0) is 0 Å². The van der Waals surface area contributed by atoms with Crippen molar-refractivity contribution in [2.45, 2.75) is 0 Å². The highest BCUT2D eigenvalue weighted by atomic mass is 35.5. The summed E-state index contributed by atoms with van der Waals surface area (Å²) in [7, 11) is 0. The van der Waals surface area contributed by atoms with Crippen molar-refractivity contribution in [3.05, 3.63) is 94.0 Å². The van der Waals surface area contributed by atoms with Crippen LogP contribution in [0, 0.1) is 0 Å². The molecule has 0 radical (unpaired) electrons. The number of nitrogens with zero attached hydrogens (tertiary/aromatic N) is 1. The lowest BCUT2D eigenvalue weighted by Gasteiger charge is -2.06.